The Hall–Kier alpha value is -1.82. The third-order valence-electron chi connectivity index (χ3n) is 3.11. The van der Waals surface area contributed by atoms with E-state index in [-0.39, 0.29) is 0 Å². The molecule has 0 aliphatic carbocycles. The van der Waals surface area contributed by atoms with Crippen LogP contribution in [0.3, 0.4) is 0 Å². The molecule has 0 unspecified atom stereocenters. The lowest BCUT2D eigenvalue weighted by atomic mass is 10.1. The lowest BCUT2D eigenvalue weighted by Gasteiger charge is -2.12. The van der Waals surface area contributed by atoms with E-state index in [0.29, 0.717) is 17.3 Å². The molecule has 0 radical (unpaired) electrons. The number of hydrogen-bond acceptors (Lipinski definition) is 5. The van der Waals surface area contributed by atoms with Crippen LogP contribution in [0, 0.1) is 0 Å². The minimum atomic E-state index is 0.645. The summed E-state index contributed by atoms with van der Waals surface area (Å²) in [7, 11) is 5.06. The van der Waals surface area contributed by atoms with Gasteiger partial charge in [0.05, 0.1) is 14.2 Å². The fourth-order valence-corrected chi connectivity index (χ4v) is 2.45. The minimum absolute atomic E-state index is 0.645. The van der Waals surface area contributed by atoms with Gasteiger partial charge in [-0.25, -0.2) is 9.97 Å². The summed E-state index contributed by atoms with van der Waals surface area (Å²) in [6.07, 6.45) is 0.842. The first-order valence-corrected chi connectivity index (χ1v) is 7.39. The number of anilines is 1. The van der Waals surface area contributed by atoms with Gasteiger partial charge in [0, 0.05) is 28.8 Å². The molecule has 0 fully saturated rings. The van der Waals surface area contributed by atoms with Gasteiger partial charge in [0.1, 0.15) is 5.82 Å². The van der Waals surface area contributed by atoms with Crippen LogP contribution in [0.15, 0.2) is 22.7 Å². The van der Waals surface area contributed by atoms with Gasteiger partial charge in [-0.1, -0.05) is 6.92 Å². The van der Waals surface area contributed by atoms with E-state index in [1.807, 2.05) is 25.2 Å². The van der Waals surface area contributed by atoms with Crippen LogP contribution in [0.25, 0.3) is 11.4 Å². The Morgan fingerprint density at radius 2 is 1.76 bits per heavy atom. The molecule has 0 aliphatic heterocycles. The molecule has 1 aromatic carbocycles. The maximum absolute atomic E-state index is 5.35. The quantitative estimate of drug-likeness (QED) is 0.892. The second-order valence-corrected chi connectivity index (χ2v) is 5.21. The van der Waals surface area contributed by atoms with Crippen molar-refractivity contribution in [3.8, 4) is 22.9 Å². The SMILES string of the molecule is CCc1cc(NC)nc(-c2cc(OC)c(OC)cc2Br)n1. The summed E-state index contributed by atoms with van der Waals surface area (Å²) in [5, 5.41) is 3.06. The zero-order valence-corrected chi connectivity index (χ0v) is 14.1. The molecule has 0 aliphatic rings. The molecule has 6 heteroatoms. The Morgan fingerprint density at radius 3 is 2.33 bits per heavy atom. The van der Waals surface area contributed by atoms with Gasteiger partial charge in [-0.2, -0.15) is 0 Å². The van der Waals surface area contributed by atoms with Crippen molar-refractivity contribution in [3.63, 3.8) is 0 Å². The fraction of sp³-hybridized carbons (Fsp3) is 0.333. The summed E-state index contributed by atoms with van der Waals surface area (Å²) in [4.78, 5) is 9.10. The van der Waals surface area contributed by atoms with Crippen LogP contribution in [-0.4, -0.2) is 31.2 Å². The third-order valence-corrected chi connectivity index (χ3v) is 3.77. The van der Waals surface area contributed by atoms with Gasteiger partial charge < -0.3 is 14.8 Å². The van der Waals surface area contributed by atoms with Gasteiger partial charge in [-0.15, -0.1) is 0 Å². The van der Waals surface area contributed by atoms with Crippen molar-refractivity contribution in [1.82, 2.24) is 9.97 Å². The van der Waals surface area contributed by atoms with Crippen LogP contribution in [0.5, 0.6) is 11.5 Å². The van der Waals surface area contributed by atoms with E-state index in [9.17, 15) is 0 Å². The van der Waals surface area contributed by atoms with E-state index < -0.39 is 0 Å². The summed E-state index contributed by atoms with van der Waals surface area (Å²) in [5.74, 6) is 2.74. The summed E-state index contributed by atoms with van der Waals surface area (Å²) >= 11 is 3.55. The Morgan fingerprint density at radius 1 is 1.10 bits per heavy atom. The van der Waals surface area contributed by atoms with Gasteiger partial charge in [0.25, 0.3) is 0 Å². The van der Waals surface area contributed by atoms with Crippen LogP contribution in [-0.2, 0) is 6.42 Å². The molecule has 1 heterocycles. The van der Waals surface area contributed by atoms with E-state index in [1.165, 1.54) is 0 Å². The first kappa shape index (κ1) is 15.6. The highest BCUT2D eigenvalue weighted by Crippen LogP contribution is 2.37. The number of aryl methyl sites for hydroxylation is 1. The zero-order valence-electron chi connectivity index (χ0n) is 12.5. The van der Waals surface area contributed by atoms with Crippen LogP contribution in [0.1, 0.15) is 12.6 Å². The Labute approximate surface area is 132 Å². The Balaban J connectivity index is 2.60. The average molecular weight is 352 g/mol. The van der Waals surface area contributed by atoms with E-state index in [4.69, 9.17) is 9.47 Å². The number of hydrogen-bond donors (Lipinski definition) is 1. The molecule has 5 nitrogen and oxygen atoms in total. The monoisotopic (exact) mass is 351 g/mol. The van der Waals surface area contributed by atoms with Crippen LogP contribution in [0.4, 0.5) is 5.82 Å². The normalized spacial score (nSPS) is 10.3. The van der Waals surface area contributed by atoms with Crippen molar-refractivity contribution in [2.45, 2.75) is 13.3 Å². The first-order chi connectivity index (χ1) is 10.1. The Bertz CT molecular complexity index is 625. The van der Waals surface area contributed by atoms with E-state index in [1.54, 1.807) is 14.2 Å². The van der Waals surface area contributed by atoms with Crippen molar-refractivity contribution < 1.29 is 9.47 Å². The van der Waals surface area contributed by atoms with Crippen molar-refractivity contribution in [3.05, 3.63) is 28.4 Å². The third kappa shape index (κ3) is 3.26. The fourth-order valence-electron chi connectivity index (χ4n) is 1.95. The highest BCUT2D eigenvalue weighted by molar-refractivity contribution is 9.10. The summed E-state index contributed by atoms with van der Waals surface area (Å²) in [5.41, 5.74) is 1.84. The van der Waals surface area contributed by atoms with E-state index >= 15 is 0 Å². The van der Waals surface area contributed by atoms with Crippen molar-refractivity contribution in [2.24, 2.45) is 0 Å². The van der Waals surface area contributed by atoms with Crippen molar-refractivity contribution in [2.75, 3.05) is 26.6 Å². The van der Waals surface area contributed by atoms with Crippen LogP contribution in [0.2, 0.25) is 0 Å². The van der Waals surface area contributed by atoms with Gasteiger partial charge in [0.15, 0.2) is 17.3 Å². The molecule has 2 aromatic rings. The number of aromatic nitrogens is 2. The van der Waals surface area contributed by atoms with Gasteiger partial charge in [0.2, 0.25) is 0 Å². The molecule has 0 saturated heterocycles. The molecule has 0 saturated carbocycles. The number of benzene rings is 1. The average Bonchev–Trinajstić information content (AvgIpc) is 2.53. The molecular formula is C15H18BrN3O2. The number of halogens is 1. The van der Waals surface area contributed by atoms with E-state index in [2.05, 4.69) is 38.1 Å². The first-order valence-electron chi connectivity index (χ1n) is 6.60. The minimum Gasteiger partial charge on any atom is -0.493 e. The zero-order chi connectivity index (χ0) is 15.4. The van der Waals surface area contributed by atoms with Crippen LogP contribution >= 0.6 is 15.9 Å². The molecule has 112 valence electrons. The summed E-state index contributed by atoms with van der Waals surface area (Å²) in [6.45, 7) is 2.06. The van der Waals surface area contributed by atoms with Gasteiger partial charge in [-0.3, -0.25) is 0 Å². The lowest BCUT2D eigenvalue weighted by Crippen LogP contribution is -2.01. The molecule has 0 bridgehead atoms. The second-order valence-electron chi connectivity index (χ2n) is 4.36. The van der Waals surface area contributed by atoms with E-state index in [0.717, 1.165) is 28.0 Å². The summed E-state index contributed by atoms with van der Waals surface area (Å²) < 4.78 is 11.5. The van der Waals surface area contributed by atoms with Crippen LogP contribution < -0.4 is 14.8 Å². The van der Waals surface area contributed by atoms with Crippen molar-refractivity contribution in [1.29, 1.82) is 0 Å². The molecule has 0 amide bonds. The Kier molecular flexibility index (Phi) is 5.01. The molecule has 0 atom stereocenters. The second kappa shape index (κ2) is 6.76. The predicted molar refractivity (Wildman–Crippen MR) is 87.2 cm³/mol. The number of nitrogens with one attached hydrogen (secondary N) is 1. The number of ether oxygens (including phenoxy) is 2. The highest BCUT2D eigenvalue weighted by Gasteiger charge is 2.14. The van der Waals surface area contributed by atoms with Gasteiger partial charge in [-0.05, 0) is 34.5 Å². The molecule has 0 spiro atoms. The van der Waals surface area contributed by atoms with Gasteiger partial charge >= 0.3 is 0 Å². The topological polar surface area (TPSA) is 56.3 Å². The smallest absolute Gasteiger partial charge is 0.163 e. The largest absolute Gasteiger partial charge is 0.493 e. The maximum atomic E-state index is 5.35. The highest BCUT2D eigenvalue weighted by atomic mass is 79.9. The number of rotatable bonds is 5. The van der Waals surface area contributed by atoms with Crippen molar-refractivity contribution >= 4 is 21.7 Å². The predicted octanol–water partition coefficient (Wildman–Crippen LogP) is 3.53. The maximum Gasteiger partial charge on any atom is 0.163 e. The number of nitrogens with zero attached hydrogens (tertiary/aromatic N) is 2. The number of methoxy groups -OCH3 is 2. The molecule has 21 heavy (non-hydrogen) atoms. The molecule has 1 aromatic heterocycles. The molecule has 2 rings (SSSR count). The lowest BCUT2D eigenvalue weighted by molar-refractivity contribution is 0.355. The standard InChI is InChI=1S/C15H18BrN3O2/c1-5-9-6-14(17-2)19-15(18-9)10-7-12(20-3)13(21-4)8-11(10)16/h6-8H,5H2,1-4H3,(H,17,18,19). The summed E-state index contributed by atoms with van der Waals surface area (Å²) in [6, 6.07) is 5.67. The molecular weight excluding hydrogens is 334 g/mol. The molecule has 1 N–H and O–H groups in total.